The van der Waals surface area contributed by atoms with E-state index in [9.17, 15) is 26.4 Å². The highest BCUT2D eigenvalue weighted by molar-refractivity contribution is 7.92. The molecule has 0 heterocycles. The number of nitrogens with zero attached hydrogens (tertiary/aromatic N) is 2. The first-order chi connectivity index (χ1) is 13.5. The van der Waals surface area contributed by atoms with Crippen LogP contribution in [0.5, 0.6) is 0 Å². The Hall–Kier alpha value is -2.70. The molecule has 2 aromatic rings. The summed E-state index contributed by atoms with van der Waals surface area (Å²) in [6, 6.07) is 11.4. The van der Waals surface area contributed by atoms with Crippen LogP contribution in [0, 0.1) is 12.3 Å². The molecule has 0 N–H and O–H groups in total. The van der Waals surface area contributed by atoms with Gasteiger partial charge < -0.3 is 4.90 Å². The lowest BCUT2D eigenvalue weighted by atomic mass is 10.2. The lowest BCUT2D eigenvalue weighted by Crippen LogP contribution is -2.39. The number of halogens is 4. The van der Waals surface area contributed by atoms with Gasteiger partial charge in [-0.1, -0.05) is 35.7 Å². The maximum atomic E-state index is 12.9. The molecule has 0 aliphatic carbocycles. The first kappa shape index (κ1) is 22.6. The van der Waals surface area contributed by atoms with Crippen molar-refractivity contribution < 1.29 is 26.4 Å². The highest BCUT2D eigenvalue weighted by Gasteiger charge is 2.34. The molecule has 10 heteroatoms. The number of alkyl halides is 3. The predicted molar refractivity (Wildman–Crippen MR) is 104 cm³/mol. The van der Waals surface area contributed by atoms with Gasteiger partial charge in [0.2, 0.25) is 0 Å². The highest BCUT2D eigenvalue weighted by Crippen LogP contribution is 2.27. The van der Waals surface area contributed by atoms with Crippen molar-refractivity contribution in [1.29, 1.82) is 0 Å². The fourth-order valence-corrected chi connectivity index (χ4v) is 3.88. The molecule has 0 aliphatic rings. The lowest BCUT2D eigenvalue weighted by molar-refractivity contribution is -0.139. The summed E-state index contributed by atoms with van der Waals surface area (Å²) in [4.78, 5) is 12.7. The Bertz CT molecular complexity index is 1030. The third kappa shape index (κ3) is 5.43. The molecule has 0 saturated heterocycles. The average Bonchev–Trinajstić information content (AvgIpc) is 2.66. The predicted octanol–water partition coefficient (Wildman–Crippen LogP) is 3.80. The van der Waals surface area contributed by atoms with Crippen LogP contribution in [0.3, 0.4) is 0 Å². The van der Waals surface area contributed by atoms with Crippen molar-refractivity contribution in [2.24, 2.45) is 0 Å². The van der Waals surface area contributed by atoms with Crippen LogP contribution in [-0.4, -0.2) is 45.5 Å². The van der Waals surface area contributed by atoms with E-state index in [2.05, 4.69) is 0 Å². The number of carbonyl (C=O) groups is 1. The maximum absolute atomic E-state index is 12.9. The molecule has 0 spiro atoms. The minimum absolute atomic E-state index is 0.194. The van der Waals surface area contributed by atoms with Gasteiger partial charge in [-0.15, -0.1) is 6.42 Å². The molecule has 5 nitrogen and oxygen atoms in total. The molecule has 29 heavy (non-hydrogen) atoms. The Morgan fingerprint density at radius 1 is 1.17 bits per heavy atom. The van der Waals surface area contributed by atoms with E-state index in [1.807, 2.05) is 5.92 Å². The number of anilines is 1. The molecular formula is C19H16ClF3N2O3S. The van der Waals surface area contributed by atoms with E-state index in [0.717, 1.165) is 16.4 Å². The summed E-state index contributed by atoms with van der Waals surface area (Å²) >= 11 is 5.96. The smallest absolute Gasteiger partial charge is 0.318 e. The average molecular weight is 445 g/mol. The number of rotatable bonds is 6. The van der Waals surface area contributed by atoms with E-state index in [1.54, 1.807) is 30.3 Å². The van der Waals surface area contributed by atoms with Crippen LogP contribution >= 0.6 is 11.6 Å². The number of hydrogen-bond acceptors (Lipinski definition) is 3. The Morgan fingerprint density at radius 2 is 1.79 bits per heavy atom. The van der Waals surface area contributed by atoms with Crippen molar-refractivity contribution >= 4 is 33.2 Å². The van der Waals surface area contributed by atoms with Crippen molar-refractivity contribution in [2.45, 2.75) is 11.1 Å². The summed E-state index contributed by atoms with van der Waals surface area (Å²) in [6.45, 7) is -2.21. The molecule has 0 atom stereocenters. The molecule has 0 unspecified atom stereocenters. The van der Waals surface area contributed by atoms with Gasteiger partial charge in [0, 0.05) is 7.05 Å². The zero-order chi connectivity index (χ0) is 21.8. The molecular weight excluding hydrogens is 429 g/mol. The zero-order valence-corrected chi connectivity index (χ0v) is 16.7. The van der Waals surface area contributed by atoms with E-state index in [1.165, 1.54) is 13.1 Å². The zero-order valence-electron chi connectivity index (χ0n) is 15.1. The van der Waals surface area contributed by atoms with E-state index in [4.69, 9.17) is 18.0 Å². The minimum Gasteiger partial charge on any atom is -0.318 e. The number of hydrogen-bond donors (Lipinski definition) is 0. The molecule has 2 rings (SSSR count). The molecule has 0 bridgehead atoms. The molecule has 0 fully saturated rings. The summed E-state index contributed by atoms with van der Waals surface area (Å²) in [5.41, 5.74) is -0.0324. The molecule has 0 saturated carbocycles. The van der Waals surface area contributed by atoms with Crippen LogP contribution < -0.4 is 4.31 Å². The van der Waals surface area contributed by atoms with Gasteiger partial charge in [-0.2, -0.15) is 13.2 Å². The molecule has 0 radical (unpaired) electrons. The highest BCUT2D eigenvalue weighted by atomic mass is 35.5. The van der Waals surface area contributed by atoms with E-state index in [0.29, 0.717) is 10.6 Å². The van der Waals surface area contributed by atoms with Crippen LogP contribution in [-0.2, 0) is 10.0 Å². The molecule has 2 aromatic carbocycles. The van der Waals surface area contributed by atoms with Crippen LogP contribution in [0.15, 0.2) is 53.4 Å². The number of terminal acetylenes is 1. The second-order valence-corrected chi connectivity index (χ2v) is 8.31. The van der Waals surface area contributed by atoms with Gasteiger partial charge in [-0.3, -0.25) is 9.10 Å². The quantitative estimate of drug-likeness (QED) is 0.637. The number of para-hydroxylation sites is 1. The summed E-state index contributed by atoms with van der Waals surface area (Å²) in [6.07, 6.45) is 0.374. The Morgan fingerprint density at radius 3 is 2.34 bits per heavy atom. The van der Waals surface area contributed by atoms with Gasteiger partial charge in [0.05, 0.1) is 27.7 Å². The van der Waals surface area contributed by atoms with E-state index < -0.39 is 40.8 Å². The standard InChI is InChI=1S/C19H16ClF3N2O3S/c1-3-11-25(13-19(21,22)23)18(26)16-12-15(9-10-17(16)20)29(27,28)24(2)14-7-5-4-6-8-14/h1,4-10,12H,11,13H2,2H3. The largest absolute Gasteiger partial charge is 0.406 e. The second-order valence-electron chi connectivity index (χ2n) is 5.93. The first-order valence-corrected chi connectivity index (χ1v) is 9.92. The monoisotopic (exact) mass is 444 g/mol. The number of amides is 1. The number of benzene rings is 2. The molecule has 0 aliphatic heterocycles. The van der Waals surface area contributed by atoms with Crippen LogP contribution in [0.4, 0.5) is 18.9 Å². The number of carbonyl (C=O) groups excluding carboxylic acids is 1. The third-order valence-electron chi connectivity index (χ3n) is 3.89. The number of sulfonamides is 1. The van der Waals surface area contributed by atoms with Gasteiger partial charge in [0.15, 0.2) is 0 Å². The third-order valence-corrected chi connectivity index (χ3v) is 6.00. The lowest BCUT2D eigenvalue weighted by Gasteiger charge is -2.23. The van der Waals surface area contributed by atoms with Crippen LogP contribution in [0.2, 0.25) is 5.02 Å². The van der Waals surface area contributed by atoms with Gasteiger partial charge in [-0.05, 0) is 30.3 Å². The van der Waals surface area contributed by atoms with Gasteiger partial charge >= 0.3 is 6.18 Å². The van der Waals surface area contributed by atoms with Crippen LogP contribution in [0.25, 0.3) is 0 Å². The van der Waals surface area contributed by atoms with Crippen molar-refractivity contribution in [2.75, 3.05) is 24.4 Å². The summed E-state index contributed by atoms with van der Waals surface area (Å²) in [7, 11) is -2.78. The normalized spacial score (nSPS) is 11.6. The van der Waals surface area contributed by atoms with Crippen LogP contribution in [0.1, 0.15) is 10.4 Å². The Labute approximate surface area is 171 Å². The molecule has 1 amide bonds. The first-order valence-electron chi connectivity index (χ1n) is 8.10. The summed E-state index contributed by atoms with van der Waals surface area (Å²) < 4.78 is 65.1. The van der Waals surface area contributed by atoms with Gasteiger partial charge in [0.25, 0.3) is 15.9 Å². The minimum atomic E-state index is -4.68. The Balaban J connectivity index is 2.45. The summed E-state index contributed by atoms with van der Waals surface area (Å²) in [5, 5.41) is -0.194. The van der Waals surface area contributed by atoms with Crippen molar-refractivity contribution in [3.63, 3.8) is 0 Å². The Kier molecular flexibility index (Phi) is 6.82. The maximum Gasteiger partial charge on any atom is 0.406 e. The van der Waals surface area contributed by atoms with Crippen molar-refractivity contribution in [1.82, 2.24) is 4.90 Å². The fourth-order valence-electron chi connectivity index (χ4n) is 2.46. The molecule has 0 aromatic heterocycles. The van der Waals surface area contributed by atoms with Crippen molar-refractivity contribution in [3.8, 4) is 12.3 Å². The fraction of sp³-hybridized carbons (Fsp3) is 0.211. The van der Waals surface area contributed by atoms with Gasteiger partial charge in [0.1, 0.15) is 6.54 Å². The second kappa shape index (κ2) is 8.76. The van der Waals surface area contributed by atoms with E-state index >= 15 is 0 Å². The SMILES string of the molecule is C#CCN(CC(F)(F)F)C(=O)c1cc(S(=O)(=O)N(C)c2ccccc2)ccc1Cl. The summed E-state index contributed by atoms with van der Waals surface area (Å²) in [5.74, 6) is 0.860. The van der Waals surface area contributed by atoms with Gasteiger partial charge in [-0.25, -0.2) is 8.42 Å². The van der Waals surface area contributed by atoms with Crippen molar-refractivity contribution in [3.05, 3.63) is 59.1 Å². The van der Waals surface area contributed by atoms with E-state index in [-0.39, 0.29) is 9.92 Å². The topological polar surface area (TPSA) is 57.7 Å². The molecule has 154 valence electrons.